The zero-order valence-corrected chi connectivity index (χ0v) is 16.9. The van der Waals surface area contributed by atoms with E-state index < -0.39 is 12.1 Å². The normalized spacial score (nSPS) is 20.7. The van der Waals surface area contributed by atoms with E-state index >= 15 is 0 Å². The molecule has 1 fully saturated rings. The van der Waals surface area contributed by atoms with Crippen molar-refractivity contribution in [3.8, 4) is 0 Å². The van der Waals surface area contributed by atoms with Crippen LogP contribution in [-0.2, 0) is 14.3 Å². The number of rotatable bonds is 5. The highest BCUT2D eigenvalue weighted by molar-refractivity contribution is 5.96. The van der Waals surface area contributed by atoms with Crippen LogP contribution in [0.25, 0.3) is 0 Å². The molecule has 1 aromatic rings. The molecule has 0 aliphatic carbocycles. The maximum Gasteiger partial charge on any atom is 0.326 e. The summed E-state index contributed by atoms with van der Waals surface area (Å²) in [6, 6.07) is 5.65. The third kappa shape index (κ3) is 5.31. The Bertz CT molecular complexity index is 706. The van der Waals surface area contributed by atoms with Crippen molar-refractivity contribution in [3.05, 3.63) is 34.9 Å². The molecule has 2 rings (SSSR count). The molecule has 1 aromatic carbocycles. The largest absolute Gasteiger partial charge is 0.451 e. The minimum Gasteiger partial charge on any atom is -0.451 e. The molecule has 3 atom stereocenters. The number of benzene rings is 1. The smallest absolute Gasteiger partial charge is 0.326 e. The van der Waals surface area contributed by atoms with Crippen LogP contribution < -0.4 is 5.32 Å². The van der Waals surface area contributed by atoms with Crippen molar-refractivity contribution in [2.45, 2.75) is 72.1 Å². The second-order valence-electron chi connectivity index (χ2n) is 7.49. The lowest BCUT2D eigenvalue weighted by atomic mass is 9.97. The molecule has 6 heteroatoms. The fraction of sp³-hybridized carbons (Fsp3) is 0.571. The molecule has 1 aliphatic rings. The number of nitrogens with one attached hydrogen (secondary N) is 1. The Morgan fingerprint density at radius 1 is 1.15 bits per heavy atom. The number of hydrogen-bond donors (Lipinski definition) is 1. The molecule has 0 radical (unpaired) electrons. The molecular weight excluding hydrogens is 344 g/mol. The summed E-state index contributed by atoms with van der Waals surface area (Å²) in [5.74, 6) is -1.14. The molecule has 2 amide bonds. The van der Waals surface area contributed by atoms with E-state index in [1.807, 2.05) is 38.7 Å². The number of esters is 1. The summed E-state index contributed by atoms with van der Waals surface area (Å²) < 4.78 is 5.25. The molecular formula is C21H30N2O4. The first-order chi connectivity index (χ1) is 12.7. The average molecular weight is 374 g/mol. The lowest BCUT2D eigenvalue weighted by Gasteiger charge is -2.40. The number of carbonyl (C=O) groups excluding carboxylic acids is 3. The van der Waals surface area contributed by atoms with Crippen LogP contribution in [0.3, 0.4) is 0 Å². The highest BCUT2D eigenvalue weighted by Crippen LogP contribution is 2.23. The van der Waals surface area contributed by atoms with E-state index in [0.29, 0.717) is 5.56 Å². The Kier molecular flexibility index (Phi) is 6.99. The molecule has 0 spiro atoms. The minimum atomic E-state index is -0.862. The molecule has 1 aliphatic heterocycles. The number of carbonyl (C=O) groups is 3. The predicted octanol–water partition coefficient (Wildman–Crippen LogP) is 2.75. The first kappa shape index (κ1) is 20.9. The lowest BCUT2D eigenvalue weighted by molar-refractivity contribution is -0.161. The zero-order chi connectivity index (χ0) is 20.1. The summed E-state index contributed by atoms with van der Waals surface area (Å²) in [6.45, 7) is 9.25. The number of nitrogens with zero attached hydrogens (tertiary/aromatic N) is 1. The molecule has 1 heterocycles. The van der Waals surface area contributed by atoms with Gasteiger partial charge in [0.15, 0.2) is 6.10 Å². The van der Waals surface area contributed by atoms with Crippen LogP contribution in [0.15, 0.2) is 18.2 Å². The standard InChI is InChI=1S/C21H30N2O4/c1-13-9-10-18(11-14(13)2)20(25)22-12-19(24)27-17(5)21(26)23-15(3)7-6-8-16(23)4/h9-11,15-17H,6-8,12H2,1-5H3,(H,22,25)/t15-,16-,17-/m0/s1. The van der Waals surface area contributed by atoms with Crippen LogP contribution in [0.1, 0.15) is 61.5 Å². The Morgan fingerprint density at radius 3 is 2.37 bits per heavy atom. The maximum atomic E-state index is 12.6. The summed E-state index contributed by atoms with van der Waals surface area (Å²) in [7, 11) is 0. The number of hydrogen-bond acceptors (Lipinski definition) is 4. The quantitative estimate of drug-likeness (QED) is 0.804. The van der Waals surface area contributed by atoms with Gasteiger partial charge in [-0.05, 0) is 77.1 Å². The summed E-state index contributed by atoms with van der Waals surface area (Å²) in [5, 5.41) is 2.55. The van der Waals surface area contributed by atoms with Crippen LogP contribution in [0.4, 0.5) is 0 Å². The molecule has 0 bridgehead atoms. The predicted molar refractivity (Wildman–Crippen MR) is 103 cm³/mol. The van der Waals surface area contributed by atoms with Gasteiger partial charge in [0.1, 0.15) is 6.54 Å². The fourth-order valence-corrected chi connectivity index (χ4v) is 3.49. The number of aryl methyl sites for hydroxylation is 2. The van der Waals surface area contributed by atoms with Crippen LogP contribution in [0, 0.1) is 13.8 Å². The minimum absolute atomic E-state index is 0.145. The summed E-state index contributed by atoms with van der Waals surface area (Å²) in [5.41, 5.74) is 2.60. The number of piperidine rings is 1. The van der Waals surface area contributed by atoms with Gasteiger partial charge in [0.2, 0.25) is 0 Å². The Balaban J connectivity index is 1.86. The highest BCUT2D eigenvalue weighted by atomic mass is 16.5. The van der Waals surface area contributed by atoms with Gasteiger partial charge >= 0.3 is 5.97 Å². The van der Waals surface area contributed by atoms with E-state index in [2.05, 4.69) is 5.32 Å². The van der Waals surface area contributed by atoms with E-state index in [1.54, 1.807) is 19.1 Å². The van der Waals surface area contributed by atoms with E-state index in [0.717, 1.165) is 30.4 Å². The van der Waals surface area contributed by atoms with Gasteiger partial charge < -0.3 is 15.0 Å². The van der Waals surface area contributed by atoms with Gasteiger partial charge in [-0.25, -0.2) is 0 Å². The van der Waals surface area contributed by atoms with Gasteiger partial charge in [-0.2, -0.15) is 0 Å². The first-order valence-electron chi connectivity index (χ1n) is 9.57. The van der Waals surface area contributed by atoms with Crippen molar-refractivity contribution in [1.29, 1.82) is 0 Å². The Hall–Kier alpha value is -2.37. The van der Waals surface area contributed by atoms with Gasteiger partial charge in [-0.1, -0.05) is 6.07 Å². The molecule has 148 valence electrons. The average Bonchev–Trinajstić information content (AvgIpc) is 2.61. The van der Waals surface area contributed by atoms with Gasteiger partial charge in [0, 0.05) is 17.6 Å². The van der Waals surface area contributed by atoms with E-state index in [9.17, 15) is 14.4 Å². The molecule has 0 aromatic heterocycles. The number of likely N-dealkylation sites (tertiary alicyclic amines) is 1. The van der Waals surface area contributed by atoms with Crippen molar-refractivity contribution in [1.82, 2.24) is 10.2 Å². The van der Waals surface area contributed by atoms with Crippen LogP contribution in [0.5, 0.6) is 0 Å². The SMILES string of the molecule is Cc1ccc(C(=O)NCC(=O)O[C@@H](C)C(=O)N2[C@@H](C)CCC[C@@H]2C)cc1C. The molecule has 1 N–H and O–H groups in total. The van der Waals surface area contributed by atoms with E-state index in [1.165, 1.54) is 0 Å². The van der Waals surface area contributed by atoms with Crippen molar-refractivity contribution in [2.75, 3.05) is 6.54 Å². The van der Waals surface area contributed by atoms with Gasteiger partial charge in [0.25, 0.3) is 11.8 Å². The Labute approximate surface area is 161 Å². The molecule has 1 saturated heterocycles. The zero-order valence-electron chi connectivity index (χ0n) is 16.9. The molecule has 6 nitrogen and oxygen atoms in total. The third-order valence-electron chi connectivity index (χ3n) is 5.27. The van der Waals surface area contributed by atoms with Gasteiger partial charge in [-0.15, -0.1) is 0 Å². The fourth-order valence-electron chi connectivity index (χ4n) is 3.49. The summed E-state index contributed by atoms with van der Waals surface area (Å²) >= 11 is 0. The van der Waals surface area contributed by atoms with E-state index in [-0.39, 0.29) is 30.4 Å². The monoisotopic (exact) mass is 374 g/mol. The van der Waals surface area contributed by atoms with Crippen molar-refractivity contribution in [2.24, 2.45) is 0 Å². The first-order valence-corrected chi connectivity index (χ1v) is 9.57. The molecule has 0 unspecified atom stereocenters. The highest BCUT2D eigenvalue weighted by Gasteiger charge is 2.33. The third-order valence-corrected chi connectivity index (χ3v) is 5.27. The van der Waals surface area contributed by atoms with Crippen LogP contribution in [-0.4, -0.2) is 47.4 Å². The van der Waals surface area contributed by atoms with Crippen molar-refractivity contribution < 1.29 is 19.1 Å². The van der Waals surface area contributed by atoms with Crippen molar-refractivity contribution >= 4 is 17.8 Å². The van der Waals surface area contributed by atoms with Crippen LogP contribution in [0.2, 0.25) is 0 Å². The number of ether oxygens (including phenoxy) is 1. The lowest BCUT2D eigenvalue weighted by Crippen LogP contribution is -2.51. The molecule has 27 heavy (non-hydrogen) atoms. The maximum absolute atomic E-state index is 12.6. The van der Waals surface area contributed by atoms with Gasteiger partial charge in [-0.3, -0.25) is 14.4 Å². The second kappa shape index (κ2) is 9.02. The molecule has 0 saturated carbocycles. The van der Waals surface area contributed by atoms with Crippen LogP contribution >= 0.6 is 0 Å². The summed E-state index contributed by atoms with van der Waals surface area (Å²) in [4.78, 5) is 38.7. The second-order valence-corrected chi connectivity index (χ2v) is 7.49. The number of amides is 2. The Morgan fingerprint density at radius 2 is 1.78 bits per heavy atom. The summed E-state index contributed by atoms with van der Waals surface area (Å²) in [6.07, 6.45) is 2.16. The van der Waals surface area contributed by atoms with E-state index in [4.69, 9.17) is 4.74 Å². The van der Waals surface area contributed by atoms with Gasteiger partial charge in [0.05, 0.1) is 0 Å². The van der Waals surface area contributed by atoms with Crippen molar-refractivity contribution in [3.63, 3.8) is 0 Å². The topological polar surface area (TPSA) is 75.7 Å².